The first-order valence-electron chi connectivity index (χ1n) is 9.48. The molecule has 0 saturated heterocycles. The number of amides is 1. The third-order valence-corrected chi connectivity index (χ3v) is 4.29. The summed E-state index contributed by atoms with van der Waals surface area (Å²) in [6.45, 7) is 5.39. The Hall–Kier alpha value is -3.73. The first kappa shape index (κ1) is 23.5. The number of nitrogens with zero attached hydrogens (tertiary/aromatic N) is 3. The molecule has 2 aromatic carbocycles. The van der Waals surface area contributed by atoms with Crippen LogP contribution in [0.3, 0.4) is 0 Å². The number of ether oxygens (including phenoxy) is 1. The van der Waals surface area contributed by atoms with Gasteiger partial charge in [-0.2, -0.15) is 5.10 Å². The summed E-state index contributed by atoms with van der Waals surface area (Å²) in [5.74, 6) is -0.0232. The minimum Gasteiger partial charge on any atom is -0.483 e. The first-order valence-corrected chi connectivity index (χ1v) is 9.89. The Morgan fingerprint density at radius 1 is 1.29 bits per heavy atom. The number of rotatable bonds is 10. The highest BCUT2D eigenvalue weighted by Gasteiger charge is 2.12. The van der Waals surface area contributed by atoms with E-state index in [2.05, 4.69) is 20.7 Å². The first-order chi connectivity index (χ1) is 14.8. The van der Waals surface area contributed by atoms with Gasteiger partial charge in [-0.05, 0) is 44.3 Å². The average Bonchev–Trinajstić information content (AvgIpc) is 2.74. The van der Waals surface area contributed by atoms with E-state index >= 15 is 0 Å². The van der Waals surface area contributed by atoms with Crippen molar-refractivity contribution < 1.29 is 14.5 Å². The van der Waals surface area contributed by atoms with Gasteiger partial charge in [-0.1, -0.05) is 6.07 Å². The third-order valence-electron chi connectivity index (χ3n) is 4.20. The summed E-state index contributed by atoms with van der Waals surface area (Å²) >= 11 is 4.72. The minimum atomic E-state index is -0.530. The standard InChI is InChI=1S/C20H24N6O4S/c1-3-25(4-2)16-9-8-14(12-22-24-20(21)31)18(11-16)30-13-19(27)23-15-6-5-7-17(10-15)26(28)29/h5-12H,3-4,13H2,1-2H3,(H,23,27)(H3,21,24,31)/b22-12+. The van der Waals surface area contributed by atoms with E-state index in [4.69, 9.17) is 22.7 Å². The molecular formula is C20H24N6O4S. The number of benzene rings is 2. The summed E-state index contributed by atoms with van der Waals surface area (Å²) in [5.41, 5.74) is 9.57. The van der Waals surface area contributed by atoms with Crippen molar-refractivity contribution in [1.29, 1.82) is 0 Å². The van der Waals surface area contributed by atoms with Crippen LogP contribution in [-0.2, 0) is 4.79 Å². The summed E-state index contributed by atoms with van der Waals surface area (Å²) in [7, 11) is 0. The molecule has 0 bridgehead atoms. The van der Waals surface area contributed by atoms with Gasteiger partial charge in [0.05, 0.1) is 11.1 Å². The highest BCUT2D eigenvalue weighted by Crippen LogP contribution is 2.25. The number of thiocarbonyl (C=S) groups is 1. The Morgan fingerprint density at radius 3 is 2.68 bits per heavy atom. The van der Waals surface area contributed by atoms with Crippen LogP contribution in [0.5, 0.6) is 5.75 Å². The number of carbonyl (C=O) groups excluding carboxylic acids is 1. The van der Waals surface area contributed by atoms with E-state index in [1.165, 1.54) is 24.4 Å². The van der Waals surface area contributed by atoms with Crippen LogP contribution in [0.2, 0.25) is 0 Å². The zero-order valence-corrected chi connectivity index (χ0v) is 18.0. The fourth-order valence-electron chi connectivity index (χ4n) is 2.74. The highest BCUT2D eigenvalue weighted by atomic mass is 32.1. The summed E-state index contributed by atoms with van der Waals surface area (Å²) in [5, 5.41) is 17.4. The number of hydrogen-bond donors (Lipinski definition) is 3. The largest absolute Gasteiger partial charge is 0.483 e. The van der Waals surface area contributed by atoms with Crippen molar-refractivity contribution in [2.75, 3.05) is 29.9 Å². The van der Waals surface area contributed by atoms with E-state index in [-0.39, 0.29) is 17.4 Å². The van der Waals surface area contributed by atoms with Gasteiger partial charge < -0.3 is 20.7 Å². The molecule has 164 valence electrons. The predicted molar refractivity (Wildman–Crippen MR) is 125 cm³/mol. The maximum Gasteiger partial charge on any atom is 0.271 e. The molecule has 0 saturated carbocycles. The Labute approximate surface area is 185 Å². The van der Waals surface area contributed by atoms with E-state index in [1.54, 1.807) is 6.07 Å². The molecule has 0 fully saturated rings. The van der Waals surface area contributed by atoms with Crippen LogP contribution in [0.25, 0.3) is 0 Å². The molecule has 0 aliphatic rings. The number of anilines is 2. The molecule has 11 heteroatoms. The van der Waals surface area contributed by atoms with Gasteiger partial charge in [0.1, 0.15) is 5.75 Å². The molecule has 0 heterocycles. The molecule has 0 aliphatic heterocycles. The predicted octanol–water partition coefficient (Wildman–Crippen LogP) is 2.63. The minimum absolute atomic E-state index is 0.0230. The number of hydrogen-bond acceptors (Lipinski definition) is 7. The number of carbonyl (C=O) groups is 1. The second-order valence-electron chi connectivity index (χ2n) is 6.27. The Bertz CT molecular complexity index is 978. The van der Waals surface area contributed by atoms with Gasteiger partial charge in [0, 0.05) is 48.2 Å². The normalized spacial score (nSPS) is 10.5. The van der Waals surface area contributed by atoms with Crippen LogP contribution in [0.4, 0.5) is 17.1 Å². The fourth-order valence-corrected chi connectivity index (χ4v) is 2.80. The van der Waals surface area contributed by atoms with Gasteiger partial charge in [-0.15, -0.1) is 0 Å². The highest BCUT2D eigenvalue weighted by molar-refractivity contribution is 7.80. The van der Waals surface area contributed by atoms with E-state index in [0.29, 0.717) is 17.0 Å². The van der Waals surface area contributed by atoms with Crippen molar-refractivity contribution in [2.45, 2.75) is 13.8 Å². The maximum atomic E-state index is 12.3. The van der Waals surface area contributed by atoms with E-state index < -0.39 is 10.8 Å². The monoisotopic (exact) mass is 444 g/mol. The molecule has 0 aromatic heterocycles. The molecule has 1 amide bonds. The maximum absolute atomic E-state index is 12.3. The molecular weight excluding hydrogens is 420 g/mol. The molecule has 10 nitrogen and oxygen atoms in total. The molecule has 0 spiro atoms. The van der Waals surface area contributed by atoms with Gasteiger partial charge in [-0.3, -0.25) is 20.3 Å². The summed E-state index contributed by atoms with van der Waals surface area (Å²) in [6.07, 6.45) is 1.49. The van der Waals surface area contributed by atoms with Gasteiger partial charge in [0.25, 0.3) is 11.6 Å². The molecule has 4 N–H and O–H groups in total. The molecule has 31 heavy (non-hydrogen) atoms. The lowest BCUT2D eigenvalue weighted by Crippen LogP contribution is -2.24. The van der Waals surface area contributed by atoms with Crippen LogP contribution in [0.15, 0.2) is 47.6 Å². The van der Waals surface area contributed by atoms with Gasteiger partial charge in [-0.25, -0.2) is 0 Å². The van der Waals surface area contributed by atoms with Crippen molar-refractivity contribution >= 4 is 46.5 Å². The molecule has 0 atom stereocenters. The van der Waals surface area contributed by atoms with Crippen LogP contribution >= 0.6 is 12.2 Å². The Kier molecular flexibility index (Phi) is 8.70. The zero-order valence-electron chi connectivity index (χ0n) is 17.2. The van der Waals surface area contributed by atoms with E-state index in [9.17, 15) is 14.9 Å². The number of nitrogens with one attached hydrogen (secondary N) is 2. The number of hydrazone groups is 1. The SMILES string of the molecule is CCN(CC)c1ccc(/C=N/NC(N)=S)c(OCC(=O)Nc2cccc([N+](=O)[O-])c2)c1. The Balaban J connectivity index is 2.16. The summed E-state index contributed by atoms with van der Waals surface area (Å²) in [4.78, 5) is 24.8. The number of non-ortho nitro benzene ring substituents is 1. The van der Waals surface area contributed by atoms with E-state index in [1.807, 2.05) is 32.0 Å². The van der Waals surface area contributed by atoms with Crippen LogP contribution in [-0.4, -0.2) is 41.9 Å². The number of nitro benzene ring substituents is 1. The molecule has 2 rings (SSSR count). The number of nitro groups is 1. The fraction of sp³-hybridized carbons (Fsp3) is 0.250. The van der Waals surface area contributed by atoms with Crippen molar-refractivity contribution in [3.63, 3.8) is 0 Å². The van der Waals surface area contributed by atoms with Crippen molar-refractivity contribution in [3.05, 3.63) is 58.1 Å². The smallest absolute Gasteiger partial charge is 0.271 e. The van der Waals surface area contributed by atoms with Gasteiger partial charge >= 0.3 is 0 Å². The van der Waals surface area contributed by atoms with E-state index in [0.717, 1.165) is 18.8 Å². The zero-order chi connectivity index (χ0) is 22.8. The average molecular weight is 445 g/mol. The van der Waals surface area contributed by atoms with Crippen LogP contribution in [0, 0.1) is 10.1 Å². The van der Waals surface area contributed by atoms with Crippen molar-refractivity contribution in [1.82, 2.24) is 5.43 Å². The lowest BCUT2D eigenvalue weighted by Gasteiger charge is -2.22. The van der Waals surface area contributed by atoms with Crippen molar-refractivity contribution in [3.8, 4) is 5.75 Å². The van der Waals surface area contributed by atoms with Crippen LogP contribution < -0.4 is 26.1 Å². The summed E-state index contributed by atoms with van der Waals surface area (Å²) in [6, 6.07) is 11.2. The topological polar surface area (TPSA) is 135 Å². The van der Waals surface area contributed by atoms with Gasteiger partial charge in [0.2, 0.25) is 0 Å². The lowest BCUT2D eigenvalue weighted by atomic mass is 10.2. The molecule has 0 unspecified atom stereocenters. The van der Waals surface area contributed by atoms with Crippen molar-refractivity contribution in [2.24, 2.45) is 10.8 Å². The van der Waals surface area contributed by atoms with Gasteiger partial charge in [0.15, 0.2) is 11.7 Å². The molecule has 2 aromatic rings. The second-order valence-corrected chi connectivity index (χ2v) is 6.71. The molecule has 0 radical (unpaired) electrons. The lowest BCUT2D eigenvalue weighted by molar-refractivity contribution is -0.384. The summed E-state index contributed by atoms with van der Waals surface area (Å²) < 4.78 is 5.73. The molecule has 0 aliphatic carbocycles. The number of nitrogens with two attached hydrogens (primary N) is 1. The van der Waals surface area contributed by atoms with Crippen LogP contribution in [0.1, 0.15) is 19.4 Å². The third kappa shape index (κ3) is 7.23. The Morgan fingerprint density at radius 2 is 2.03 bits per heavy atom. The quantitative estimate of drug-likeness (QED) is 0.220. The second kappa shape index (κ2) is 11.5.